The molecular formula is C19H20I2N2O3. The Morgan fingerprint density at radius 2 is 1.85 bits per heavy atom. The number of carbonyl (C=O) groups is 1. The van der Waals surface area contributed by atoms with E-state index in [-0.39, 0.29) is 12.5 Å². The molecule has 0 spiro atoms. The molecule has 7 heteroatoms. The summed E-state index contributed by atoms with van der Waals surface area (Å²) in [6, 6.07) is 7.97. The van der Waals surface area contributed by atoms with E-state index >= 15 is 0 Å². The molecule has 0 aliphatic carbocycles. The van der Waals surface area contributed by atoms with E-state index in [4.69, 9.17) is 9.47 Å². The molecule has 0 heterocycles. The fraction of sp³-hybridized carbons (Fsp3) is 0.263. The predicted molar refractivity (Wildman–Crippen MR) is 120 cm³/mol. The SMILES string of the molecule is COc1c(I)cc(I)cc1C=NNC(=O)COc1c(C)ccc(C)c1C. The van der Waals surface area contributed by atoms with Gasteiger partial charge in [-0.15, -0.1) is 0 Å². The largest absolute Gasteiger partial charge is 0.495 e. The molecule has 26 heavy (non-hydrogen) atoms. The molecule has 0 bridgehead atoms. The van der Waals surface area contributed by atoms with Crippen molar-refractivity contribution in [2.24, 2.45) is 5.10 Å². The molecule has 2 rings (SSSR count). The van der Waals surface area contributed by atoms with Crippen LogP contribution in [-0.2, 0) is 4.79 Å². The van der Waals surface area contributed by atoms with Gasteiger partial charge in [0.15, 0.2) is 6.61 Å². The molecule has 1 N–H and O–H groups in total. The number of nitrogens with zero attached hydrogens (tertiary/aromatic N) is 1. The fourth-order valence-corrected chi connectivity index (χ4v) is 4.49. The maximum absolute atomic E-state index is 12.0. The molecule has 0 aliphatic heterocycles. The summed E-state index contributed by atoms with van der Waals surface area (Å²) in [7, 11) is 1.61. The molecule has 2 aromatic carbocycles. The number of ether oxygens (including phenoxy) is 2. The maximum Gasteiger partial charge on any atom is 0.277 e. The van der Waals surface area contributed by atoms with Gasteiger partial charge >= 0.3 is 0 Å². The van der Waals surface area contributed by atoms with Crippen molar-refractivity contribution < 1.29 is 14.3 Å². The lowest BCUT2D eigenvalue weighted by Crippen LogP contribution is -2.25. The summed E-state index contributed by atoms with van der Waals surface area (Å²) in [5.41, 5.74) is 6.46. The number of halogens is 2. The van der Waals surface area contributed by atoms with Crippen LogP contribution in [0, 0.1) is 27.9 Å². The van der Waals surface area contributed by atoms with Gasteiger partial charge in [0.05, 0.1) is 16.9 Å². The van der Waals surface area contributed by atoms with Gasteiger partial charge in [0.1, 0.15) is 11.5 Å². The summed E-state index contributed by atoms with van der Waals surface area (Å²) in [5.74, 6) is 1.16. The minimum Gasteiger partial charge on any atom is -0.495 e. The van der Waals surface area contributed by atoms with Gasteiger partial charge in [-0.05, 0) is 94.8 Å². The van der Waals surface area contributed by atoms with E-state index in [0.29, 0.717) is 0 Å². The van der Waals surface area contributed by atoms with E-state index in [1.807, 2.05) is 45.0 Å². The molecule has 0 fully saturated rings. The summed E-state index contributed by atoms with van der Waals surface area (Å²) in [6.45, 7) is 5.87. The number of carbonyl (C=O) groups excluding carboxylic acids is 1. The smallest absolute Gasteiger partial charge is 0.277 e. The Bertz CT molecular complexity index is 851. The summed E-state index contributed by atoms with van der Waals surface area (Å²) >= 11 is 4.43. The van der Waals surface area contributed by atoms with Crippen molar-refractivity contribution in [3.63, 3.8) is 0 Å². The quantitative estimate of drug-likeness (QED) is 0.315. The van der Waals surface area contributed by atoms with Crippen LogP contribution in [0.3, 0.4) is 0 Å². The molecule has 0 aliphatic rings. The molecule has 0 atom stereocenters. The highest BCUT2D eigenvalue weighted by atomic mass is 127. The van der Waals surface area contributed by atoms with Crippen molar-refractivity contribution in [2.75, 3.05) is 13.7 Å². The van der Waals surface area contributed by atoms with Crippen LogP contribution in [0.2, 0.25) is 0 Å². The van der Waals surface area contributed by atoms with Crippen LogP contribution < -0.4 is 14.9 Å². The van der Waals surface area contributed by atoms with Gasteiger partial charge in [0.2, 0.25) is 0 Å². The Labute approximate surface area is 180 Å². The van der Waals surface area contributed by atoms with Crippen molar-refractivity contribution in [1.82, 2.24) is 5.43 Å². The highest BCUT2D eigenvalue weighted by Gasteiger charge is 2.10. The third-order valence-corrected chi connectivity index (χ3v) is 5.28. The molecule has 138 valence electrons. The lowest BCUT2D eigenvalue weighted by molar-refractivity contribution is -0.123. The normalized spacial score (nSPS) is 10.8. The number of aryl methyl sites for hydroxylation is 2. The van der Waals surface area contributed by atoms with Crippen molar-refractivity contribution in [3.8, 4) is 11.5 Å². The minimum atomic E-state index is -0.319. The fourth-order valence-electron chi connectivity index (χ4n) is 2.38. The predicted octanol–water partition coefficient (Wildman–Crippen LogP) is 4.36. The Hall–Kier alpha value is -1.36. The standard InChI is InChI=1S/C19H20I2N2O3/c1-11-5-6-12(2)18(13(11)3)26-10-17(24)23-22-9-14-7-15(20)8-16(21)19(14)25-4/h5-9H,10H2,1-4H3,(H,23,24). The first-order valence-corrected chi connectivity index (χ1v) is 10.0. The van der Waals surface area contributed by atoms with E-state index in [2.05, 4.69) is 55.7 Å². The van der Waals surface area contributed by atoms with Gasteiger partial charge in [-0.3, -0.25) is 4.79 Å². The van der Waals surface area contributed by atoms with Crippen LogP contribution >= 0.6 is 45.2 Å². The summed E-state index contributed by atoms with van der Waals surface area (Å²) in [4.78, 5) is 12.0. The molecule has 0 aromatic heterocycles. The zero-order valence-corrected chi connectivity index (χ0v) is 19.3. The average Bonchev–Trinajstić information content (AvgIpc) is 2.58. The van der Waals surface area contributed by atoms with E-state index in [1.165, 1.54) is 0 Å². The summed E-state index contributed by atoms with van der Waals surface area (Å²) < 4.78 is 13.1. The zero-order chi connectivity index (χ0) is 19.3. The highest BCUT2D eigenvalue weighted by molar-refractivity contribution is 14.1. The Balaban J connectivity index is 2.00. The van der Waals surface area contributed by atoms with Gasteiger partial charge in [-0.1, -0.05) is 12.1 Å². The van der Waals surface area contributed by atoms with Gasteiger partial charge in [0, 0.05) is 9.13 Å². The van der Waals surface area contributed by atoms with Crippen molar-refractivity contribution in [1.29, 1.82) is 0 Å². The molecule has 5 nitrogen and oxygen atoms in total. The molecular weight excluding hydrogens is 558 g/mol. The van der Waals surface area contributed by atoms with Crippen LogP contribution in [0.25, 0.3) is 0 Å². The van der Waals surface area contributed by atoms with E-state index in [0.717, 1.165) is 40.9 Å². The lowest BCUT2D eigenvalue weighted by atomic mass is 10.1. The number of amides is 1. The second-order valence-corrected chi connectivity index (χ2v) is 8.15. The average molecular weight is 578 g/mol. The van der Waals surface area contributed by atoms with E-state index < -0.39 is 0 Å². The summed E-state index contributed by atoms with van der Waals surface area (Å²) in [5, 5.41) is 4.02. The molecule has 0 saturated heterocycles. The van der Waals surface area contributed by atoms with Gasteiger partial charge in [0.25, 0.3) is 5.91 Å². The van der Waals surface area contributed by atoms with Crippen LogP contribution in [0.15, 0.2) is 29.4 Å². The monoisotopic (exact) mass is 578 g/mol. The lowest BCUT2D eigenvalue weighted by Gasteiger charge is -2.13. The van der Waals surface area contributed by atoms with Crippen LogP contribution in [0.4, 0.5) is 0 Å². The van der Waals surface area contributed by atoms with E-state index in [1.54, 1.807) is 13.3 Å². The summed E-state index contributed by atoms with van der Waals surface area (Å²) in [6.07, 6.45) is 1.57. The number of hydrogen-bond donors (Lipinski definition) is 1. The number of nitrogens with one attached hydrogen (secondary N) is 1. The molecule has 2 aromatic rings. The zero-order valence-electron chi connectivity index (χ0n) is 15.0. The molecule has 0 unspecified atom stereocenters. The first kappa shape index (κ1) is 20.9. The Morgan fingerprint density at radius 1 is 1.15 bits per heavy atom. The molecule has 0 radical (unpaired) electrons. The second kappa shape index (κ2) is 9.54. The first-order valence-electron chi connectivity index (χ1n) is 7.88. The number of hydrogen-bond acceptors (Lipinski definition) is 4. The molecule has 0 saturated carbocycles. The Kier molecular flexibility index (Phi) is 7.69. The number of benzene rings is 2. The number of hydrazone groups is 1. The van der Waals surface area contributed by atoms with Gasteiger partial charge in [-0.25, -0.2) is 5.43 Å². The van der Waals surface area contributed by atoms with Crippen molar-refractivity contribution in [2.45, 2.75) is 20.8 Å². The highest BCUT2D eigenvalue weighted by Crippen LogP contribution is 2.27. The van der Waals surface area contributed by atoms with Gasteiger partial charge < -0.3 is 9.47 Å². The van der Waals surface area contributed by atoms with Gasteiger partial charge in [-0.2, -0.15) is 5.10 Å². The van der Waals surface area contributed by atoms with Crippen LogP contribution in [-0.4, -0.2) is 25.8 Å². The van der Waals surface area contributed by atoms with E-state index in [9.17, 15) is 4.79 Å². The van der Waals surface area contributed by atoms with Crippen molar-refractivity contribution >= 4 is 57.3 Å². The number of methoxy groups -OCH3 is 1. The van der Waals surface area contributed by atoms with Crippen LogP contribution in [0.5, 0.6) is 11.5 Å². The third-order valence-electron chi connectivity index (χ3n) is 3.86. The Morgan fingerprint density at radius 3 is 2.54 bits per heavy atom. The first-order chi connectivity index (χ1) is 12.3. The molecule has 1 amide bonds. The minimum absolute atomic E-state index is 0.0938. The number of rotatable bonds is 6. The third kappa shape index (κ3) is 5.32. The maximum atomic E-state index is 12.0. The second-order valence-electron chi connectivity index (χ2n) is 5.75. The van der Waals surface area contributed by atoms with Crippen molar-refractivity contribution in [3.05, 3.63) is 53.7 Å². The topological polar surface area (TPSA) is 59.9 Å². The van der Waals surface area contributed by atoms with Crippen LogP contribution in [0.1, 0.15) is 22.3 Å².